The molecule has 1 atom stereocenters. The van der Waals surface area contributed by atoms with Crippen LogP contribution in [0.5, 0.6) is 5.75 Å². The number of aliphatic hydroxyl groups excluding tert-OH is 1. The summed E-state index contributed by atoms with van der Waals surface area (Å²) in [5.74, 6) is 0.711. The summed E-state index contributed by atoms with van der Waals surface area (Å²) in [5, 5.41) is 10.7. The Labute approximate surface area is 136 Å². The maximum atomic E-state index is 10.7. The molecule has 0 aliphatic carbocycles. The fraction of sp³-hybridized carbons (Fsp3) is 0.250. The molecule has 106 valence electrons. The van der Waals surface area contributed by atoms with Crippen LogP contribution in [-0.4, -0.2) is 11.7 Å². The van der Waals surface area contributed by atoms with E-state index < -0.39 is 6.10 Å². The smallest absolute Gasteiger partial charge is 0.125 e. The van der Waals surface area contributed by atoms with Crippen LogP contribution < -0.4 is 4.74 Å². The molecule has 1 unspecified atom stereocenters. The van der Waals surface area contributed by atoms with Gasteiger partial charge >= 0.3 is 0 Å². The average molecular weight is 400 g/mol. The quantitative estimate of drug-likeness (QED) is 0.783. The van der Waals surface area contributed by atoms with Crippen LogP contribution in [0.15, 0.2) is 45.3 Å². The van der Waals surface area contributed by atoms with Gasteiger partial charge in [0.25, 0.3) is 0 Å². The Hall–Kier alpha value is -0.840. The average Bonchev–Trinajstić information content (AvgIpc) is 2.43. The molecule has 2 nitrogen and oxygen atoms in total. The van der Waals surface area contributed by atoms with Gasteiger partial charge in [0.15, 0.2) is 0 Å². The molecule has 0 spiro atoms. The molecule has 20 heavy (non-hydrogen) atoms. The molecule has 1 N–H and O–H groups in total. The lowest BCUT2D eigenvalue weighted by Gasteiger charge is -2.18. The summed E-state index contributed by atoms with van der Waals surface area (Å²) in [7, 11) is 0. The predicted octanol–water partition coefficient (Wildman–Crippen LogP) is 5.00. The Kier molecular flexibility index (Phi) is 5.24. The van der Waals surface area contributed by atoms with Crippen molar-refractivity contribution in [2.75, 3.05) is 6.61 Å². The van der Waals surface area contributed by atoms with Gasteiger partial charge in [-0.05, 0) is 49.2 Å². The fourth-order valence-corrected chi connectivity index (χ4v) is 2.87. The molecule has 0 aliphatic heterocycles. The van der Waals surface area contributed by atoms with Gasteiger partial charge in [0.2, 0.25) is 0 Å². The number of hydrogen-bond donors (Lipinski definition) is 1. The number of hydrogen-bond acceptors (Lipinski definition) is 2. The third-order valence-corrected chi connectivity index (χ3v) is 4.52. The van der Waals surface area contributed by atoms with Crippen molar-refractivity contribution < 1.29 is 9.84 Å². The minimum atomic E-state index is -0.716. The molecule has 0 aliphatic rings. The van der Waals surface area contributed by atoms with Gasteiger partial charge < -0.3 is 9.84 Å². The van der Waals surface area contributed by atoms with E-state index in [1.807, 2.05) is 50.2 Å². The van der Waals surface area contributed by atoms with Crippen LogP contribution in [0.4, 0.5) is 0 Å². The predicted molar refractivity (Wildman–Crippen MR) is 88.3 cm³/mol. The molecular formula is C16H16Br2O2. The van der Waals surface area contributed by atoms with Crippen molar-refractivity contribution in [2.45, 2.75) is 20.0 Å². The van der Waals surface area contributed by atoms with E-state index in [9.17, 15) is 5.11 Å². The molecule has 4 heteroatoms. The summed E-state index contributed by atoms with van der Waals surface area (Å²) in [6.45, 7) is 4.49. The van der Waals surface area contributed by atoms with Gasteiger partial charge in [-0.3, -0.25) is 0 Å². The SMILES string of the molecule is CCOc1ccc(Br)cc1C(O)c1cccc(Br)c1C. The summed E-state index contributed by atoms with van der Waals surface area (Å²) in [6.07, 6.45) is -0.716. The van der Waals surface area contributed by atoms with Crippen LogP contribution in [0, 0.1) is 6.92 Å². The maximum Gasteiger partial charge on any atom is 0.125 e. The Morgan fingerprint density at radius 2 is 1.90 bits per heavy atom. The van der Waals surface area contributed by atoms with Crippen LogP contribution in [0.3, 0.4) is 0 Å². The molecule has 0 aromatic heterocycles. The van der Waals surface area contributed by atoms with Crippen LogP contribution >= 0.6 is 31.9 Å². The van der Waals surface area contributed by atoms with E-state index in [1.54, 1.807) is 0 Å². The molecule has 0 fully saturated rings. The first kappa shape index (κ1) is 15.5. The lowest BCUT2D eigenvalue weighted by Crippen LogP contribution is -2.06. The van der Waals surface area contributed by atoms with Crippen LogP contribution in [0.1, 0.15) is 29.7 Å². The van der Waals surface area contributed by atoms with Crippen LogP contribution in [0.25, 0.3) is 0 Å². The van der Waals surface area contributed by atoms with Crippen LogP contribution in [0.2, 0.25) is 0 Å². The Morgan fingerprint density at radius 3 is 2.60 bits per heavy atom. The zero-order valence-electron chi connectivity index (χ0n) is 11.4. The first-order chi connectivity index (χ1) is 9.54. The number of rotatable bonds is 4. The lowest BCUT2D eigenvalue weighted by atomic mass is 9.97. The van der Waals surface area contributed by atoms with Crippen molar-refractivity contribution in [3.8, 4) is 5.75 Å². The van der Waals surface area contributed by atoms with E-state index in [2.05, 4.69) is 31.9 Å². The highest BCUT2D eigenvalue weighted by molar-refractivity contribution is 9.10. The zero-order valence-corrected chi connectivity index (χ0v) is 14.5. The summed E-state index contributed by atoms with van der Waals surface area (Å²) in [6, 6.07) is 11.5. The highest BCUT2D eigenvalue weighted by atomic mass is 79.9. The zero-order chi connectivity index (χ0) is 14.7. The summed E-state index contributed by atoms with van der Waals surface area (Å²) < 4.78 is 7.52. The van der Waals surface area contributed by atoms with Crippen molar-refractivity contribution in [1.82, 2.24) is 0 Å². The molecule has 2 rings (SSSR count). The van der Waals surface area contributed by atoms with E-state index in [-0.39, 0.29) is 0 Å². The highest BCUT2D eigenvalue weighted by Crippen LogP contribution is 2.35. The number of ether oxygens (including phenoxy) is 1. The first-order valence-corrected chi connectivity index (χ1v) is 7.98. The third kappa shape index (κ3) is 3.25. The van der Waals surface area contributed by atoms with E-state index in [0.29, 0.717) is 12.4 Å². The number of aliphatic hydroxyl groups is 1. The topological polar surface area (TPSA) is 29.5 Å². The molecule has 0 saturated carbocycles. The molecule has 2 aromatic carbocycles. The minimum absolute atomic E-state index is 0.568. The van der Waals surface area contributed by atoms with Gasteiger partial charge in [0, 0.05) is 14.5 Å². The molecule has 0 bridgehead atoms. The second kappa shape index (κ2) is 6.74. The molecule has 0 radical (unpaired) electrons. The highest BCUT2D eigenvalue weighted by Gasteiger charge is 2.18. The molecule has 0 amide bonds. The van der Waals surface area contributed by atoms with Crippen molar-refractivity contribution in [3.05, 3.63) is 62.0 Å². The Morgan fingerprint density at radius 1 is 1.15 bits per heavy atom. The standard InChI is InChI=1S/C16H16Br2O2/c1-3-20-15-8-7-11(17)9-13(15)16(19)12-5-4-6-14(18)10(12)2/h4-9,16,19H,3H2,1-2H3. The molecule has 2 aromatic rings. The maximum absolute atomic E-state index is 10.7. The normalized spacial score (nSPS) is 12.2. The van der Waals surface area contributed by atoms with Gasteiger partial charge in [-0.25, -0.2) is 0 Å². The monoisotopic (exact) mass is 398 g/mol. The lowest BCUT2D eigenvalue weighted by molar-refractivity contribution is 0.211. The summed E-state index contributed by atoms with van der Waals surface area (Å²) in [4.78, 5) is 0. The largest absolute Gasteiger partial charge is 0.493 e. The first-order valence-electron chi connectivity index (χ1n) is 6.40. The summed E-state index contributed by atoms with van der Waals surface area (Å²) >= 11 is 6.94. The van der Waals surface area contributed by atoms with Gasteiger partial charge in [-0.2, -0.15) is 0 Å². The summed E-state index contributed by atoms with van der Waals surface area (Å²) in [5.41, 5.74) is 2.67. The molecule has 0 heterocycles. The Bertz CT molecular complexity index is 611. The van der Waals surface area contributed by atoms with Crippen molar-refractivity contribution >= 4 is 31.9 Å². The van der Waals surface area contributed by atoms with Crippen molar-refractivity contribution in [1.29, 1.82) is 0 Å². The van der Waals surface area contributed by atoms with Gasteiger partial charge in [0.1, 0.15) is 11.9 Å². The van der Waals surface area contributed by atoms with Crippen molar-refractivity contribution in [3.63, 3.8) is 0 Å². The Balaban J connectivity index is 2.49. The second-order valence-corrected chi connectivity index (χ2v) is 6.24. The molecule has 0 saturated heterocycles. The van der Waals surface area contributed by atoms with E-state index in [0.717, 1.165) is 25.6 Å². The van der Waals surface area contributed by atoms with E-state index in [1.165, 1.54) is 0 Å². The van der Waals surface area contributed by atoms with E-state index in [4.69, 9.17) is 4.74 Å². The number of benzene rings is 2. The number of halogens is 2. The minimum Gasteiger partial charge on any atom is -0.493 e. The van der Waals surface area contributed by atoms with Gasteiger partial charge in [-0.15, -0.1) is 0 Å². The van der Waals surface area contributed by atoms with Gasteiger partial charge in [0.05, 0.1) is 6.61 Å². The van der Waals surface area contributed by atoms with Crippen molar-refractivity contribution in [2.24, 2.45) is 0 Å². The molecular weight excluding hydrogens is 384 g/mol. The third-order valence-electron chi connectivity index (χ3n) is 3.17. The van der Waals surface area contributed by atoms with Gasteiger partial charge in [-0.1, -0.05) is 44.0 Å². The fourth-order valence-electron chi connectivity index (χ4n) is 2.11. The van der Waals surface area contributed by atoms with Crippen LogP contribution in [-0.2, 0) is 0 Å². The second-order valence-electron chi connectivity index (χ2n) is 4.47. The van der Waals surface area contributed by atoms with E-state index >= 15 is 0 Å².